The first kappa shape index (κ1) is 32.0. The van der Waals surface area contributed by atoms with Gasteiger partial charge in [-0.05, 0) is 66.9 Å². The normalized spacial score (nSPS) is 12.0. The molecule has 0 aliphatic rings. The Hall–Kier alpha value is -3.57. The van der Waals surface area contributed by atoms with Gasteiger partial charge in [0.2, 0.25) is 11.8 Å². The van der Waals surface area contributed by atoms with E-state index in [4.69, 9.17) is 9.47 Å². The van der Waals surface area contributed by atoms with Crippen LogP contribution in [0.5, 0.6) is 11.5 Å². The molecule has 0 aromatic heterocycles. The van der Waals surface area contributed by atoms with Gasteiger partial charge in [-0.3, -0.25) is 13.9 Å². The quantitative estimate of drug-likeness (QED) is 0.285. The molecule has 41 heavy (non-hydrogen) atoms. The van der Waals surface area contributed by atoms with Gasteiger partial charge in [0.25, 0.3) is 10.0 Å². The third kappa shape index (κ3) is 8.23. The summed E-state index contributed by atoms with van der Waals surface area (Å²) < 4.78 is 40.5. The highest BCUT2D eigenvalue weighted by atomic mass is 79.9. The molecule has 3 aromatic carbocycles. The summed E-state index contributed by atoms with van der Waals surface area (Å²) in [6, 6.07) is 19.0. The van der Waals surface area contributed by atoms with Crippen LogP contribution in [0.3, 0.4) is 0 Å². The molecule has 3 aromatic rings. The number of nitrogens with zero attached hydrogens (tertiary/aromatic N) is 2. The molecule has 1 unspecified atom stereocenters. The Bertz CT molecular complexity index is 1430. The fourth-order valence-corrected chi connectivity index (χ4v) is 5.73. The van der Waals surface area contributed by atoms with E-state index in [-0.39, 0.29) is 34.7 Å². The van der Waals surface area contributed by atoms with Crippen LogP contribution >= 0.6 is 15.9 Å². The Morgan fingerprint density at radius 2 is 1.54 bits per heavy atom. The van der Waals surface area contributed by atoms with Crippen molar-refractivity contribution in [3.05, 3.63) is 82.8 Å². The summed E-state index contributed by atoms with van der Waals surface area (Å²) in [6.45, 7) is 5.58. The first-order chi connectivity index (χ1) is 19.5. The molecule has 0 saturated carbocycles. The zero-order valence-corrected chi connectivity index (χ0v) is 26.2. The fraction of sp³-hybridized carbons (Fsp3) is 0.333. The maximum absolute atomic E-state index is 14.0. The van der Waals surface area contributed by atoms with Gasteiger partial charge in [0.1, 0.15) is 24.1 Å². The Kier molecular flexibility index (Phi) is 11.2. The van der Waals surface area contributed by atoms with Gasteiger partial charge in [-0.25, -0.2) is 8.42 Å². The molecule has 0 heterocycles. The smallest absolute Gasteiger partial charge is 0.264 e. The Morgan fingerprint density at radius 3 is 2.12 bits per heavy atom. The van der Waals surface area contributed by atoms with Crippen LogP contribution in [0.1, 0.15) is 26.3 Å². The summed E-state index contributed by atoms with van der Waals surface area (Å²) in [4.78, 5) is 28.5. The number of anilines is 1. The molecule has 11 heteroatoms. The van der Waals surface area contributed by atoms with Crippen molar-refractivity contribution in [3.8, 4) is 11.5 Å². The van der Waals surface area contributed by atoms with E-state index in [1.54, 1.807) is 31.2 Å². The Morgan fingerprint density at radius 1 is 0.902 bits per heavy atom. The predicted molar refractivity (Wildman–Crippen MR) is 163 cm³/mol. The molecule has 0 saturated heterocycles. The molecule has 3 rings (SSSR count). The average Bonchev–Trinajstić information content (AvgIpc) is 2.97. The number of halogens is 1. The molecular formula is C30H36BrN3O6S. The van der Waals surface area contributed by atoms with Crippen molar-refractivity contribution in [2.24, 2.45) is 5.92 Å². The van der Waals surface area contributed by atoms with Crippen LogP contribution in [0.2, 0.25) is 0 Å². The van der Waals surface area contributed by atoms with E-state index >= 15 is 0 Å². The molecule has 0 aliphatic heterocycles. The molecule has 220 valence electrons. The Labute approximate surface area is 250 Å². The number of carbonyl (C=O) groups is 2. The van der Waals surface area contributed by atoms with E-state index in [1.165, 1.54) is 43.4 Å². The van der Waals surface area contributed by atoms with Gasteiger partial charge in [0, 0.05) is 17.6 Å². The number of hydrogen-bond acceptors (Lipinski definition) is 6. The van der Waals surface area contributed by atoms with Crippen LogP contribution in [-0.4, -0.2) is 58.5 Å². The van der Waals surface area contributed by atoms with Crippen molar-refractivity contribution in [3.63, 3.8) is 0 Å². The standard InChI is InChI=1S/C30H36BrN3O6S/c1-21(2)18-32-30(36)22(3)33(19-23-10-12-24(31)13-11-23)29(35)20-34(27-8-6-7-9-28(27)40-5)41(37,38)26-16-14-25(39-4)15-17-26/h6-17,21-22H,18-20H2,1-5H3,(H,32,36). The monoisotopic (exact) mass is 645 g/mol. The number of para-hydroxylation sites is 2. The molecule has 0 spiro atoms. The van der Waals surface area contributed by atoms with E-state index in [0.29, 0.717) is 12.3 Å². The SMILES string of the molecule is COc1ccc(S(=O)(=O)N(CC(=O)N(Cc2ccc(Br)cc2)C(C)C(=O)NCC(C)C)c2ccccc2OC)cc1. The van der Waals surface area contributed by atoms with Gasteiger partial charge < -0.3 is 19.7 Å². The molecule has 1 atom stereocenters. The summed E-state index contributed by atoms with van der Waals surface area (Å²) in [5.74, 6) is 0.108. The third-order valence-electron chi connectivity index (χ3n) is 6.40. The maximum atomic E-state index is 14.0. The van der Waals surface area contributed by atoms with E-state index in [2.05, 4.69) is 21.2 Å². The van der Waals surface area contributed by atoms with Crippen molar-refractivity contribution < 1.29 is 27.5 Å². The highest BCUT2D eigenvalue weighted by molar-refractivity contribution is 9.10. The zero-order chi connectivity index (χ0) is 30.2. The maximum Gasteiger partial charge on any atom is 0.264 e. The fourth-order valence-electron chi connectivity index (χ4n) is 4.05. The second-order valence-corrected chi connectivity index (χ2v) is 12.6. The van der Waals surface area contributed by atoms with E-state index in [1.807, 2.05) is 38.1 Å². The van der Waals surface area contributed by atoms with Gasteiger partial charge in [-0.15, -0.1) is 0 Å². The molecule has 0 aliphatic carbocycles. The Balaban J connectivity index is 2.05. The number of nitrogens with one attached hydrogen (secondary N) is 1. The number of benzene rings is 3. The molecular weight excluding hydrogens is 610 g/mol. The number of sulfonamides is 1. The van der Waals surface area contributed by atoms with Crippen molar-refractivity contribution >= 4 is 43.5 Å². The summed E-state index contributed by atoms with van der Waals surface area (Å²) >= 11 is 3.41. The van der Waals surface area contributed by atoms with Crippen molar-refractivity contribution in [1.82, 2.24) is 10.2 Å². The first-order valence-electron chi connectivity index (χ1n) is 13.1. The topological polar surface area (TPSA) is 105 Å². The summed E-state index contributed by atoms with van der Waals surface area (Å²) in [5, 5.41) is 2.88. The van der Waals surface area contributed by atoms with Crippen LogP contribution in [0, 0.1) is 5.92 Å². The highest BCUT2D eigenvalue weighted by Crippen LogP contribution is 2.33. The third-order valence-corrected chi connectivity index (χ3v) is 8.70. The van der Waals surface area contributed by atoms with Gasteiger partial charge in [-0.2, -0.15) is 0 Å². The van der Waals surface area contributed by atoms with Crippen LogP contribution in [0.4, 0.5) is 5.69 Å². The molecule has 0 radical (unpaired) electrons. The van der Waals surface area contributed by atoms with Crippen LogP contribution in [0.15, 0.2) is 82.2 Å². The van der Waals surface area contributed by atoms with Gasteiger partial charge in [-0.1, -0.05) is 54.0 Å². The first-order valence-corrected chi connectivity index (χ1v) is 15.3. The predicted octanol–water partition coefficient (Wildman–Crippen LogP) is 4.85. The molecule has 0 fully saturated rings. The van der Waals surface area contributed by atoms with Crippen LogP contribution < -0.4 is 19.1 Å². The largest absolute Gasteiger partial charge is 0.497 e. The number of ether oxygens (including phenoxy) is 2. The number of hydrogen-bond donors (Lipinski definition) is 1. The number of rotatable bonds is 13. The molecule has 0 bridgehead atoms. The highest BCUT2D eigenvalue weighted by Gasteiger charge is 2.33. The summed E-state index contributed by atoms with van der Waals surface area (Å²) in [5.41, 5.74) is 0.978. The lowest BCUT2D eigenvalue weighted by Gasteiger charge is -2.32. The number of amides is 2. The number of methoxy groups -OCH3 is 2. The summed E-state index contributed by atoms with van der Waals surface area (Å²) in [6.07, 6.45) is 0. The van der Waals surface area contributed by atoms with Gasteiger partial charge >= 0.3 is 0 Å². The van der Waals surface area contributed by atoms with Crippen LogP contribution in [0.25, 0.3) is 0 Å². The lowest BCUT2D eigenvalue weighted by molar-refractivity contribution is -0.139. The molecule has 2 amide bonds. The molecule has 9 nitrogen and oxygen atoms in total. The zero-order valence-electron chi connectivity index (χ0n) is 23.8. The number of carbonyl (C=O) groups excluding carboxylic acids is 2. The minimum atomic E-state index is -4.24. The lowest BCUT2D eigenvalue weighted by Crippen LogP contribution is -2.51. The second-order valence-electron chi connectivity index (χ2n) is 9.82. The minimum Gasteiger partial charge on any atom is -0.497 e. The average molecular weight is 647 g/mol. The van der Waals surface area contributed by atoms with E-state index in [9.17, 15) is 18.0 Å². The lowest BCUT2D eigenvalue weighted by atomic mass is 10.1. The van der Waals surface area contributed by atoms with E-state index < -0.39 is 28.5 Å². The van der Waals surface area contributed by atoms with Crippen molar-refractivity contribution in [1.29, 1.82) is 0 Å². The minimum absolute atomic E-state index is 0.0285. The van der Waals surface area contributed by atoms with Crippen molar-refractivity contribution in [2.75, 3.05) is 31.6 Å². The molecule has 1 N–H and O–H groups in total. The van der Waals surface area contributed by atoms with Crippen molar-refractivity contribution in [2.45, 2.75) is 38.3 Å². The summed E-state index contributed by atoms with van der Waals surface area (Å²) in [7, 11) is -1.32. The van der Waals surface area contributed by atoms with E-state index in [0.717, 1.165) is 14.3 Å². The van der Waals surface area contributed by atoms with Crippen LogP contribution in [-0.2, 0) is 26.2 Å². The second kappa shape index (κ2) is 14.4. The van der Waals surface area contributed by atoms with Gasteiger partial charge in [0.05, 0.1) is 24.8 Å². The van der Waals surface area contributed by atoms with Gasteiger partial charge in [0.15, 0.2) is 0 Å².